The summed E-state index contributed by atoms with van der Waals surface area (Å²) in [6, 6.07) is 8.50. The number of rotatable bonds is 4. The Labute approximate surface area is 89.0 Å². The highest BCUT2D eigenvalue weighted by Gasteiger charge is 2.19. The van der Waals surface area contributed by atoms with E-state index >= 15 is 0 Å². The molecule has 0 heterocycles. The fraction of sp³-hybridized carbons (Fsp3) is 0.300. The first kappa shape index (κ1) is 11.9. The van der Waals surface area contributed by atoms with E-state index in [9.17, 15) is 13.2 Å². The lowest BCUT2D eigenvalue weighted by atomic mass is 10.1. The van der Waals surface area contributed by atoms with Crippen molar-refractivity contribution in [3.63, 3.8) is 0 Å². The number of carbonyl (C=O) groups excluding carboxylic acids is 1. The van der Waals surface area contributed by atoms with E-state index in [0.717, 1.165) is 6.26 Å². The van der Waals surface area contributed by atoms with Crippen molar-refractivity contribution in [3.8, 4) is 0 Å². The molecule has 0 fully saturated rings. The van der Waals surface area contributed by atoms with E-state index in [1.807, 2.05) is 0 Å². The summed E-state index contributed by atoms with van der Waals surface area (Å²) in [4.78, 5) is 11.6. The smallest absolute Gasteiger partial charge is 0.165 e. The van der Waals surface area contributed by atoms with Gasteiger partial charge in [-0.2, -0.15) is 0 Å². The van der Waals surface area contributed by atoms with Crippen LogP contribution in [0.15, 0.2) is 30.3 Å². The lowest BCUT2D eigenvalue weighted by Gasteiger charge is -2.07. The van der Waals surface area contributed by atoms with Crippen LogP contribution in [0.2, 0.25) is 0 Å². The highest BCUT2D eigenvalue weighted by molar-refractivity contribution is 7.91. The van der Waals surface area contributed by atoms with Crippen LogP contribution in [-0.2, 0) is 9.84 Å². The van der Waals surface area contributed by atoms with Crippen molar-refractivity contribution >= 4 is 15.6 Å². The SMILES string of the molecule is CS(=O)(=O)C(N)CC(=O)c1ccccc1. The minimum Gasteiger partial charge on any atom is -0.315 e. The molecule has 0 aliphatic carbocycles. The zero-order valence-corrected chi connectivity index (χ0v) is 9.20. The summed E-state index contributed by atoms with van der Waals surface area (Å²) in [5, 5.41) is -1.12. The van der Waals surface area contributed by atoms with Crippen LogP contribution in [0, 0.1) is 0 Å². The van der Waals surface area contributed by atoms with Gasteiger partial charge in [0.15, 0.2) is 15.6 Å². The van der Waals surface area contributed by atoms with Gasteiger partial charge in [-0.05, 0) is 0 Å². The monoisotopic (exact) mass is 227 g/mol. The average Bonchev–Trinajstić information content (AvgIpc) is 2.17. The minimum atomic E-state index is -3.35. The Morgan fingerprint density at radius 3 is 2.33 bits per heavy atom. The van der Waals surface area contributed by atoms with Gasteiger partial charge < -0.3 is 5.73 Å². The molecule has 0 aromatic heterocycles. The zero-order valence-electron chi connectivity index (χ0n) is 8.38. The van der Waals surface area contributed by atoms with Crippen LogP contribution in [0.5, 0.6) is 0 Å². The van der Waals surface area contributed by atoms with Crippen molar-refractivity contribution in [2.45, 2.75) is 11.8 Å². The van der Waals surface area contributed by atoms with Crippen LogP contribution >= 0.6 is 0 Å². The van der Waals surface area contributed by atoms with Crippen LogP contribution < -0.4 is 5.73 Å². The summed E-state index contributed by atoms with van der Waals surface area (Å²) in [6.07, 6.45) is 0.846. The van der Waals surface area contributed by atoms with Gasteiger partial charge in [0.25, 0.3) is 0 Å². The van der Waals surface area contributed by atoms with Gasteiger partial charge in [0.05, 0.1) is 0 Å². The fourth-order valence-electron chi connectivity index (χ4n) is 1.08. The molecule has 1 rings (SSSR count). The Bertz CT molecular complexity index is 439. The molecule has 0 saturated heterocycles. The van der Waals surface area contributed by atoms with Gasteiger partial charge in [-0.25, -0.2) is 8.42 Å². The molecule has 2 N–H and O–H groups in total. The van der Waals surface area contributed by atoms with Crippen LogP contribution in [0.4, 0.5) is 0 Å². The largest absolute Gasteiger partial charge is 0.315 e. The maximum atomic E-state index is 11.6. The first-order valence-corrected chi connectivity index (χ1v) is 6.39. The quantitative estimate of drug-likeness (QED) is 0.764. The molecule has 1 aromatic carbocycles. The van der Waals surface area contributed by atoms with Gasteiger partial charge in [-0.15, -0.1) is 0 Å². The summed E-state index contributed by atoms with van der Waals surface area (Å²) in [7, 11) is -3.35. The van der Waals surface area contributed by atoms with Gasteiger partial charge in [0.2, 0.25) is 0 Å². The molecule has 1 atom stereocenters. The number of nitrogens with two attached hydrogens (primary N) is 1. The topological polar surface area (TPSA) is 77.2 Å². The van der Waals surface area contributed by atoms with Crippen molar-refractivity contribution in [3.05, 3.63) is 35.9 Å². The Balaban J connectivity index is 2.74. The molecule has 0 spiro atoms. The Morgan fingerprint density at radius 1 is 1.33 bits per heavy atom. The average molecular weight is 227 g/mol. The molecule has 82 valence electrons. The van der Waals surface area contributed by atoms with Gasteiger partial charge >= 0.3 is 0 Å². The standard InChI is InChI=1S/C10H13NO3S/c1-15(13,14)10(11)7-9(12)8-5-3-2-4-6-8/h2-6,10H,7,11H2,1H3. The van der Waals surface area contributed by atoms with Crippen molar-refractivity contribution in [2.24, 2.45) is 5.73 Å². The molecule has 1 aromatic rings. The van der Waals surface area contributed by atoms with E-state index in [4.69, 9.17) is 5.73 Å². The van der Waals surface area contributed by atoms with E-state index < -0.39 is 15.2 Å². The van der Waals surface area contributed by atoms with E-state index in [1.165, 1.54) is 0 Å². The van der Waals surface area contributed by atoms with E-state index in [-0.39, 0.29) is 12.2 Å². The summed E-state index contributed by atoms with van der Waals surface area (Å²) in [5.74, 6) is -0.256. The van der Waals surface area contributed by atoms with Crippen molar-refractivity contribution in [1.82, 2.24) is 0 Å². The number of hydrogen-bond donors (Lipinski definition) is 1. The van der Waals surface area contributed by atoms with Crippen LogP contribution in [0.3, 0.4) is 0 Å². The minimum absolute atomic E-state index is 0.178. The molecule has 1 unspecified atom stereocenters. The molecule has 0 aliphatic rings. The lowest BCUT2D eigenvalue weighted by Crippen LogP contribution is -2.32. The highest BCUT2D eigenvalue weighted by Crippen LogP contribution is 2.06. The molecule has 0 amide bonds. The third-order valence-electron chi connectivity index (χ3n) is 2.03. The molecule has 0 saturated carbocycles. The molecular formula is C10H13NO3S. The molecule has 5 heteroatoms. The molecule has 15 heavy (non-hydrogen) atoms. The molecule has 4 nitrogen and oxygen atoms in total. The number of sulfone groups is 1. The zero-order chi connectivity index (χ0) is 11.5. The van der Waals surface area contributed by atoms with E-state index in [2.05, 4.69) is 0 Å². The summed E-state index contributed by atoms with van der Waals surface area (Å²) < 4.78 is 22.0. The normalized spacial score (nSPS) is 13.5. The number of carbonyl (C=O) groups is 1. The number of Topliss-reactive ketones (excluding diaryl/α,β-unsaturated/α-hetero) is 1. The Morgan fingerprint density at radius 2 is 1.87 bits per heavy atom. The van der Waals surface area contributed by atoms with Crippen molar-refractivity contribution in [2.75, 3.05) is 6.26 Å². The summed E-state index contributed by atoms with van der Waals surface area (Å²) >= 11 is 0. The number of ketones is 1. The highest BCUT2D eigenvalue weighted by atomic mass is 32.2. The molecule has 0 radical (unpaired) electrons. The summed E-state index contributed by atoms with van der Waals surface area (Å²) in [6.45, 7) is 0. The third kappa shape index (κ3) is 3.45. The maximum Gasteiger partial charge on any atom is 0.165 e. The fourth-order valence-corrected chi connectivity index (χ4v) is 1.53. The van der Waals surface area contributed by atoms with Crippen molar-refractivity contribution < 1.29 is 13.2 Å². The summed E-state index contributed by atoms with van der Waals surface area (Å²) in [5.41, 5.74) is 5.86. The molecular weight excluding hydrogens is 214 g/mol. The number of hydrogen-bond acceptors (Lipinski definition) is 4. The Kier molecular flexibility index (Phi) is 3.60. The van der Waals surface area contributed by atoms with E-state index in [0.29, 0.717) is 5.56 Å². The van der Waals surface area contributed by atoms with Gasteiger partial charge in [0.1, 0.15) is 5.37 Å². The van der Waals surface area contributed by atoms with Crippen LogP contribution in [0.25, 0.3) is 0 Å². The van der Waals surface area contributed by atoms with Gasteiger partial charge in [0, 0.05) is 18.2 Å². The predicted molar refractivity (Wildman–Crippen MR) is 58.2 cm³/mol. The maximum absolute atomic E-state index is 11.6. The lowest BCUT2D eigenvalue weighted by molar-refractivity contribution is 0.0981. The van der Waals surface area contributed by atoms with Gasteiger partial charge in [-0.3, -0.25) is 4.79 Å². The van der Waals surface area contributed by atoms with Crippen LogP contribution in [0.1, 0.15) is 16.8 Å². The third-order valence-corrected chi connectivity index (χ3v) is 3.30. The second kappa shape index (κ2) is 4.55. The predicted octanol–water partition coefficient (Wildman–Crippen LogP) is 0.589. The number of benzene rings is 1. The first-order chi connectivity index (χ1) is 6.91. The van der Waals surface area contributed by atoms with Crippen molar-refractivity contribution in [1.29, 1.82) is 0 Å². The van der Waals surface area contributed by atoms with Crippen LogP contribution in [-0.4, -0.2) is 25.8 Å². The Hall–Kier alpha value is -1.20. The second-order valence-electron chi connectivity index (χ2n) is 3.36. The van der Waals surface area contributed by atoms with E-state index in [1.54, 1.807) is 30.3 Å². The van der Waals surface area contributed by atoms with Gasteiger partial charge in [-0.1, -0.05) is 30.3 Å². The first-order valence-electron chi connectivity index (χ1n) is 4.44. The second-order valence-corrected chi connectivity index (χ2v) is 5.63. The molecule has 0 aliphatic heterocycles. The molecule has 0 bridgehead atoms.